The predicted molar refractivity (Wildman–Crippen MR) is 97.6 cm³/mol. The Bertz CT molecular complexity index is 263. The molecule has 0 aromatic carbocycles. The highest BCUT2D eigenvalue weighted by molar-refractivity contribution is 5.73. The van der Waals surface area contributed by atoms with E-state index < -0.39 is 24.0 Å². The van der Waals surface area contributed by atoms with E-state index in [-0.39, 0.29) is 0 Å². The van der Waals surface area contributed by atoms with Crippen molar-refractivity contribution < 1.29 is 19.8 Å². The third kappa shape index (κ3) is 25.7. The number of carboxylic acids is 2. The Balaban J connectivity index is -0.000000301. The molecule has 2 atom stereocenters. The summed E-state index contributed by atoms with van der Waals surface area (Å²) < 4.78 is 0. The van der Waals surface area contributed by atoms with E-state index in [1.807, 2.05) is 0 Å². The fraction of sp³-hybridized carbons (Fsp3) is 0.875. The van der Waals surface area contributed by atoms with Crippen molar-refractivity contribution in [1.82, 2.24) is 0 Å². The molecule has 0 aromatic rings. The molecule has 8 heteroatoms. The minimum Gasteiger partial charge on any atom is -0.480 e. The van der Waals surface area contributed by atoms with Gasteiger partial charge in [0.05, 0.1) is 0 Å². The van der Waals surface area contributed by atoms with Crippen LogP contribution in [0.5, 0.6) is 0 Å². The second-order valence-electron chi connectivity index (χ2n) is 5.46. The number of rotatable bonds is 11. The lowest BCUT2D eigenvalue weighted by Gasteiger charge is -2.03. The first-order chi connectivity index (χ1) is 11.3. The Kier molecular flexibility index (Phi) is 25.1. The first-order valence-electron chi connectivity index (χ1n) is 8.65. The molecule has 0 spiro atoms. The van der Waals surface area contributed by atoms with Crippen LogP contribution in [0.2, 0.25) is 0 Å². The van der Waals surface area contributed by atoms with Crippen LogP contribution >= 0.6 is 0 Å². The van der Waals surface area contributed by atoms with E-state index in [9.17, 15) is 9.59 Å². The van der Waals surface area contributed by atoms with Gasteiger partial charge in [-0.2, -0.15) is 0 Å². The van der Waals surface area contributed by atoms with E-state index in [1.165, 1.54) is 12.8 Å². The van der Waals surface area contributed by atoms with Gasteiger partial charge in [0.15, 0.2) is 0 Å². The molecule has 0 aliphatic carbocycles. The molecule has 0 aliphatic heterocycles. The summed E-state index contributed by atoms with van der Waals surface area (Å²) in [4.78, 5) is 20.3. The van der Waals surface area contributed by atoms with Gasteiger partial charge in [-0.1, -0.05) is 39.5 Å². The van der Waals surface area contributed by atoms with Crippen LogP contribution in [0, 0.1) is 0 Å². The number of aliphatic carboxylic acids is 2. The summed E-state index contributed by atoms with van der Waals surface area (Å²) in [5.74, 6) is -1.87. The third-order valence-corrected chi connectivity index (χ3v) is 3.07. The molecular formula is C16H38N4O4. The Morgan fingerprint density at radius 2 is 1.04 bits per heavy atom. The normalized spacial score (nSPS) is 12.1. The quantitative estimate of drug-likeness (QED) is 0.297. The van der Waals surface area contributed by atoms with E-state index in [0.29, 0.717) is 25.9 Å². The van der Waals surface area contributed by atoms with Crippen LogP contribution < -0.4 is 22.9 Å². The van der Waals surface area contributed by atoms with Crippen LogP contribution in [0.3, 0.4) is 0 Å². The average molecular weight is 351 g/mol. The van der Waals surface area contributed by atoms with Crippen LogP contribution in [0.25, 0.3) is 0 Å². The maximum absolute atomic E-state index is 10.1. The van der Waals surface area contributed by atoms with Gasteiger partial charge in [-0.3, -0.25) is 9.59 Å². The summed E-state index contributed by atoms with van der Waals surface area (Å²) in [5, 5.41) is 16.7. The summed E-state index contributed by atoms with van der Waals surface area (Å²) in [6.45, 7) is 5.57. The molecule has 8 nitrogen and oxygen atoms in total. The standard InChI is InChI=1S/2C6H14N2O2.C4H10/c2*7-4-2-1-3-5(8)6(9)10;1-3-4-2/h2*5H,1-4,7-8H2,(H,9,10);3-4H2,1-2H3/t2*5-;/m00./s1. The zero-order valence-corrected chi connectivity index (χ0v) is 15.2. The van der Waals surface area contributed by atoms with Gasteiger partial charge >= 0.3 is 11.9 Å². The van der Waals surface area contributed by atoms with Gasteiger partial charge in [0.1, 0.15) is 12.1 Å². The van der Waals surface area contributed by atoms with Crippen LogP contribution in [-0.4, -0.2) is 47.3 Å². The fourth-order valence-corrected chi connectivity index (χ4v) is 1.26. The highest BCUT2D eigenvalue weighted by Crippen LogP contribution is 1.97. The molecule has 0 amide bonds. The first-order valence-corrected chi connectivity index (χ1v) is 8.65. The number of hydrogen-bond donors (Lipinski definition) is 6. The Labute approximate surface area is 145 Å². The second-order valence-corrected chi connectivity index (χ2v) is 5.46. The molecule has 0 heterocycles. The van der Waals surface area contributed by atoms with Crippen molar-refractivity contribution in [2.45, 2.75) is 77.3 Å². The van der Waals surface area contributed by atoms with Crippen molar-refractivity contribution in [2.24, 2.45) is 22.9 Å². The Morgan fingerprint density at radius 3 is 1.21 bits per heavy atom. The minimum atomic E-state index is -0.933. The van der Waals surface area contributed by atoms with Crippen molar-refractivity contribution in [3.8, 4) is 0 Å². The van der Waals surface area contributed by atoms with E-state index >= 15 is 0 Å². The van der Waals surface area contributed by atoms with Gasteiger partial charge in [0.25, 0.3) is 0 Å². The molecular weight excluding hydrogens is 312 g/mol. The van der Waals surface area contributed by atoms with Gasteiger partial charge in [0.2, 0.25) is 0 Å². The smallest absolute Gasteiger partial charge is 0.320 e. The zero-order valence-electron chi connectivity index (χ0n) is 15.2. The SMILES string of the molecule is CCCC.NCCCC[C@H](N)C(=O)O.NCCCC[C@H](N)C(=O)O. The topological polar surface area (TPSA) is 179 Å². The molecule has 0 fully saturated rings. The summed E-state index contributed by atoms with van der Waals surface area (Å²) >= 11 is 0. The second kappa shape index (κ2) is 21.8. The lowest BCUT2D eigenvalue weighted by Crippen LogP contribution is -2.29. The molecule has 0 saturated carbocycles. The van der Waals surface area contributed by atoms with Gasteiger partial charge in [0, 0.05) is 0 Å². The van der Waals surface area contributed by atoms with E-state index in [0.717, 1.165) is 25.7 Å². The van der Waals surface area contributed by atoms with Gasteiger partial charge in [-0.05, 0) is 38.8 Å². The van der Waals surface area contributed by atoms with Crippen molar-refractivity contribution in [2.75, 3.05) is 13.1 Å². The molecule has 0 unspecified atom stereocenters. The summed E-state index contributed by atoms with van der Waals surface area (Å²) in [7, 11) is 0. The van der Waals surface area contributed by atoms with Crippen LogP contribution in [0.1, 0.15) is 65.2 Å². The monoisotopic (exact) mass is 350 g/mol. The number of carbonyl (C=O) groups is 2. The van der Waals surface area contributed by atoms with Crippen LogP contribution in [-0.2, 0) is 9.59 Å². The van der Waals surface area contributed by atoms with E-state index in [1.54, 1.807) is 0 Å². The highest BCUT2D eigenvalue weighted by Gasteiger charge is 2.09. The zero-order chi connectivity index (χ0) is 19.4. The summed E-state index contributed by atoms with van der Waals surface area (Å²) in [6.07, 6.45) is 6.97. The maximum Gasteiger partial charge on any atom is 0.320 e. The molecule has 0 aliphatic rings. The fourth-order valence-electron chi connectivity index (χ4n) is 1.26. The molecule has 0 rings (SSSR count). The van der Waals surface area contributed by atoms with Gasteiger partial charge in [-0.25, -0.2) is 0 Å². The van der Waals surface area contributed by atoms with Gasteiger partial charge in [-0.15, -0.1) is 0 Å². The number of hydrogen-bond acceptors (Lipinski definition) is 6. The van der Waals surface area contributed by atoms with Crippen molar-refractivity contribution in [1.29, 1.82) is 0 Å². The molecule has 0 saturated heterocycles. The number of carboxylic acid groups (broad SMARTS) is 2. The summed E-state index contributed by atoms with van der Waals surface area (Å²) in [5.41, 5.74) is 20.8. The Morgan fingerprint density at radius 1 is 0.750 bits per heavy atom. The Hall–Kier alpha value is -1.22. The molecule has 10 N–H and O–H groups in total. The van der Waals surface area contributed by atoms with Crippen molar-refractivity contribution in [3.05, 3.63) is 0 Å². The van der Waals surface area contributed by atoms with E-state index in [4.69, 9.17) is 33.1 Å². The molecule has 0 radical (unpaired) electrons. The van der Waals surface area contributed by atoms with Crippen molar-refractivity contribution in [3.63, 3.8) is 0 Å². The van der Waals surface area contributed by atoms with E-state index in [2.05, 4.69) is 13.8 Å². The predicted octanol–water partition coefficient (Wildman–Crippen LogP) is 0.861. The minimum absolute atomic E-state index is 0.520. The summed E-state index contributed by atoms with van der Waals surface area (Å²) in [6, 6.07) is -1.43. The molecule has 0 bridgehead atoms. The largest absolute Gasteiger partial charge is 0.480 e. The third-order valence-electron chi connectivity index (χ3n) is 3.07. The number of unbranched alkanes of at least 4 members (excludes halogenated alkanes) is 3. The average Bonchev–Trinajstić information content (AvgIpc) is 2.55. The maximum atomic E-state index is 10.1. The molecule has 146 valence electrons. The highest BCUT2D eigenvalue weighted by atomic mass is 16.4. The molecule has 24 heavy (non-hydrogen) atoms. The van der Waals surface area contributed by atoms with Crippen molar-refractivity contribution >= 4 is 11.9 Å². The lowest BCUT2D eigenvalue weighted by molar-refractivity contribution is -0.139. The van der Waals surface area contributed by atoms with Crippen LogP contribution in [0.4, 0.5) is 0 Å². The number of nitrogens with two attached hydrogens (primary N) is 4. The van der Waals surface area contributed by atoms with Gasteiger partial charge < -0.3 is 33.1 Å². The van der Waals surface area contributed by atoms with Crippen LogP contribution in [0.15, 0.2) is 0 Å². The molecule has 0 aromatic heterocycles. The lowest BCUT2D eigenvalue weighted by atomic mass is 10.1. The first kappa shape index (κ1) is 27.6.